The first-order valence-corrected chi connectivity index (χ1v) is 5.51. The summed E-state index contributed by atoms with van der Waals surface area (Å²) in [6, 6.07) is -0.0234. The molecule has 2 amide bonds. The fraction of sp³-hybridized carbons (Fsp3) is 0.800. The van der Waals surface area contributed by atoms with Crippen molar-refractivity contribution in [3.8, 4) is 0 Å². The summed E-state index contributed by atoms with van der Waals surface area (Å²) in [7, 11) is 0. The smallest absolute Gasteiger partial charge is 0.239 e. The maximum Gasteiger partial charge on any atom is 0.239 e. The van der Waals surface area contributed by atoms with Crippen LogP contribution in [0, 0.1) is 0 Å². The third-order valence-corrected chi connectivity index (χ3v) is 2.54. The molecule has 6 nitrogen and oxygen atoms in total. The molecule has 0 radical (unpaired) electrons. The molecule has 1 aliphatic rings. The highest BCUT2D eigenvalue weighted by molar-refractivity contribution is 5.85. The maximum absolute atomic E-state index is 11.4. The SMILES string of the molecule is CC(NC(=O)CNC(=O)CN)C1CCCO1. The first-order chi connectivity index (χ1) is 7.63. The molecule has 92 valence electrons. The fourth-order valence-electron chi connectivity index (χ4n) is 1.65. The molecular formula is C10H19N3O3. The lowest BCUT2D eigenvalue weighted by atomic mass is 10.1. The second-order valence-corrected chi connectivity index (χ2v) is 3.89. The molecule has 1 rings (SSSR count). The largest absolute Gasteiger partial charge is 0.376 e. The highest BCUT2D eigenvalue weighted by atomic mass is 16.5. The molecule has 2 atom stereocenters. The highest BCUT2D eigenvalue weighted by Crippen LogP contribution is 2.15. The van der Waals surface area contributed by atoms with Gasteiger partial charge in [-0.05, 0) is 19.8 Å². The third-order valence-electron chi connectivity index (χ3n) is 2.54. The van der Waals surface area contributed by atoms with Gasteiger partial charge < -0.3 is 21.1 Å². The lowest BCUT2D eigenvalue weighted by Crippen LogP contribution is -2.46. The summed E-state index contributed by atoms with van der Waals surface area (Å²) >= 11 is 0. The molecule has 16 heavy (non-hydrogen) atoms. The van der Waals surface area contributed by atoms with E-state index in [0.29, 0.717) is 0 Å². The van der Waals surface area contributed by atoms with Crippen molar-refractivity contribution in [1.82, 2.24) is 10.6 Å². The zero-order chi connectivity index (χ0) is 12.0. The van der Waals surface area contributed by atoms with Crippen LogP contribution in [-0.2, 0) is 14.3 Å². The van der Waals surface area contributed by atoms with E-state index < -0.39 is 0 Å². The van der Waals surface area contributed by atoms with Crippen LogP contribution >= 0.6 is 0 Å². The summed E-state index contributed by atoms with van der Waals surface area (Å²) in [4.78, 5) is 22.2. The molecule has 0 saturated carbocycles. The van der Waals surface area contributed by atoms with Gasteiger partial charge in [-0.25, -0.2) is 0 Å². The van der Waals surface area contributed by atoms with Crippen molar-refractivity contribution in [3.05, 3.63) is 0 Å². The molecule has 0 aliphatic carbocycles. The Morgan fingerprint density at radius 3 is 2.81 bits per heavy atom. The molecule has 1 saturated heterocycles. The number of nitrogens with one attached hydrogen (secondary N) is 2. The Morgan fingerprint density at radius 2 is 2.25 bits per heavy atom. The molecule has 1 heterocycles. The van der Waals surface area contributed by atoms with Gasteiger partial charge in [0.2, 0.25) is 11.8 Å². The zero-order valence-electron chi connectivity index (χ0n) is 9.49. The Balaban J connectivity index is 2.19. The highest BCUT2D eigenvalue weighted by Gasteiger charge is 2.23. The van der Waals surface area contributed by atoms with E-state index in [1.807, 2.05) is 6.92 Å². The minimum atomic E-state index is -0.333. The Hall–Kier alpha value is -1.14. The van der Waals surface area contributed by atoms with Crippen LogP contribution in [0.3, 0.4) is 0 Å². The van der Waals surface area contributed by atoms with Crippen LogP contribution in [0.4, 0.5) is 0 Å². The van der Waals surface area contributed by atoms with Gasteiger partial charge in [-0.1, -0.05) is 0 Å². The number of amides is 2. The number of rotatable bonds is 5. The lowest BCUT2D eigenvalue weighted by Gasteiger charge is -2.19. The number of hydrogen-bond donors (Lipinski definition) is 3. The summed E-state index contributed by atoms with van der Waals surface area (Å²) in [6.07, 6.45) is 2.10. The van der Waals surface area contributed by atoms with E-state index in [9.17, 15) is 9.59 Å². The van der Waals surface area contributed by atoms with E-state index in [-0.39, 0.29) is 37.0 Å². The molecule has 1 fully saturated rings. The quantitative estimate of drug-likeness (QED) is 0.549. The average Bonchev–Trinajstić information content (AvgIpc) is 2.79. The van der Waals surface area contributed by atoms with Crippen molar-refractivity contribution in [3.63, 3.8) is 0 Å². The second kappa shape index (κ2) is 6.44. The van der Waals surface area contributed by atoms with Gasteiger partial charge in [-0.2, -0.15) is 0 Å². The van der Waals surface area contributed by atoms with Crippen LogP contribution < -0.4 is 16.4 Å². The van der Waals surface area contributed by atoms with E-state index in [0.717, 1.165) is 19.4 Å². The van der Waals surface area contributed by atoms with Crippen molar-refractivity contribution in [1.29, 1.82) is 0 Å². The van der Waals surface area contributed by atoms with Crippen LogP contribution in [0.5, 0.6) is 0 Å². The first kappa shape index (κ1) is 12.9. The van der Waals surface area contributed by atoms with Crippen molar-refractivity contribution >= 4 is 11.8 Å². The molecule has 0 aromatic heterocycles. The van der Waals surface area contributed by atoms with Crippen LogP contribution in [-0.4, -0.2) is 43.7 Å². The third kappa shape index (κ3) is 4.16. The topological polar surface area (TPSA) is 93.5 Å². The summed E-state index contributed by atoms with van der Waals surface area (Å²) in [6.45, 7) is 2.52. The van der Waals surface area contributed by atoms with Crippen molar-refractivity contribution in [2.45, 2.75) is 31.9 Å². The molecule has 1 aliphatic heterocycles. The zero-order valence-corrected chi connectivity index (χ0v) is 9.49. The number of hydrogen-bond acceptors (Lipinski definition) is 4. The van der Waals surface area contributed by atoms with Gasteiger partial charge in [0.25, 0.3) is 0 Å². The standard InChI is InChI=1S/C10H19N3O3/c1-7(8-3-2-4-16-8)13-10(15)6-12-9(14)5-11/h7-8H,2-6,11H2,1H3,(H,12,14)(H,13,15). The van der Waals surface area contributed by atoms with Crippen LogP contribution in [0.2, 0.25) is 0 Å². The van der Waals surface area contributed by atoms with E-state index in [2.05, 4.69) is 10.6 Å². The fourth-order valence-corrected chi connectivity index (χ4v) is 1.65. The van der Waals surface area contributed by atoms with Crippen molar-refractivity contribution in [2.24, 2.45) is 5.73 Å². The first-order valence-electron chi connectivity index (χ1n) is 5.51. The Morgan fingerprint density at radius 1 is 1.50 bits per heavy atom. The van der Waals surface area contributed by atoms with Gasteiger partial charge in [0.05, 0.1) is 25.2 Å². The van der Waals surface area contributed by atoms with E-state index in [4.69, 9.17) is 10.5 Å². The van der Waals surface area contributed by atoms with Gasteiger partial charge in [-0.15, -0.1) is 0 Å². The Bertz CT molecular complexity index is 252. The molecule has 0 aromatic rings. The van der Waals surface area contributed by atoms with Gasteiger partial charge in [-0.3, -0.25) is 9.59 Å². The van der Waals surface area contributed by atoms with Gasteiger partial charge >= 0.3 is 0 Å². The number of nitrogens with two attached hydrogens (primary N) is 1. The van der Waals surface area contributed by atoms with Crippen LogP contribution in [0.1, 0.15) is 19.8 Å². The normalized spacial score (nSPS) is 21.5. The molecule has 4 N–H and O–H groups in total. The monoisotopic (exact) mass is 229 g/mol. The molecule has 0 spiro atoms. The van der Waals surface area contributed by atoms with Gasteiger partial charge in [0, 0.05) is 6.61 Å². The summed E-state index contributed by atoms with van der Waals surface area (Å²) < 4.78 is 5.44. The van der Waals surface area contributed by atoms with Crippen LogP contribution in [0.15, 0.2) is 0 Å². The summed E-state index contributed by atoms with van der Waals surface area (Å²) in [5.41, 5.74) is 5.10. The van der Waals surface area contributed by atoms with Crippen molar-refractivity contribution in [2.75, 3.05) is 19.7 Å². The van der Waals surface area contributed by atoms with E-state index in [1.165, 1.54) is 0 Å². The second-order valence-electron chi connectivity index (χ2n) is 3.89. The molecule has 0 aromatic carbocycles. The average molecular weight is 229 g/mol. The minimum absolute atomic E-state index is 0.0234. The number of carbonyl (C=O) groups is 2. The lowest BCUT2D eigenvalue weighted by molar-refractivity contribution is -0.126. The van der Waals surface area contributed by atoms with Gasteiger partial charge in [0.1, 0.15) is 0 Å². The van der Waals surface area contributed by atoms with Crippen LogP contribution in [0.25, 0.3) is 0 Å². The Kier molecular flexibility index (Phi) is 5.21. The van der Waals surface area contributed by atoms with Gasteiger partial charge in [0.15, 0.2) is 0 Å². The van der Waals surface area contributed by atoms with Crippen molar-refractivity contribution < 1.29 is 14.3 Å². The molecule has 0 bridgehead atoms. The van der Waals surface area contributed by atoms with E-state index >= 15 is 0 Å². The minimum Gasteiger partial charge on any atom is -0.376 e. The molecule has 6 heteroatoms. The predicted octanol–water partition coefficient (Wildman–Crippen LogP) is -1.25. The Labute approximate surface area is 94.9 Å². The summed E-state index contributed by atoms with van der Waals surface area (Å²) in [5, 5.41) is 5.19. The maximum atomic E-state index is 11.4. The van der Waals surface area contributed by atoms with E-state index in [1.54, 1.807) is 0 Å². The predicted molar refractivity (Wildman–Crippen MR) is 58.6 cm³/mol. The summed E-state index contributed by atoms with van der Waals surface area (Å²) in [5.74, 6) is -0.551. The molecular weight excluding hydrogens is 210 g/mol. The number of ether oxygens (including phenoxy) is 1. The number of carbonyl (C=O) groups excluding carboxylic acids is 2. The molecule has 2 unspecified atom stereocenters.